The van der Waals surface area contributed by atoms with Crippen LogP contribution in [0.4, 0.5) is 0 Å². The zero-order chi connectivity index (χ0) is 12.4. The number of aryl methyl sites for hydroxylation is 2. The second kappa shape index (κ2) is 4.47. The lowest BCUT2D eigenvalue weighted by atomic mass is 10.1. The Morgan fingerprint density at radius 2 is 2.35 bits per heavy atom. The predicted octanol–water partition coefficient (Wildman–Crippen LogP) is 1.71. The number of nitrogens with zero attached hydrogens (tertiary/aromatic N) is 4. The molecule has 2 rings (SSSR count). The highest BCUT2D eigenvalue weighted by atomic mass is 32.1. The summed E-state index contributed by atoms with van der Waals surface area (Å²) in [6, 6.07) is 3.70. The quantitative estimate of drug-likeness (QED) is 0.773. The molecular formula is C11H10N4OS. The number of ketones is 1. The van der Waals surface area contributed by atoms with Crippen molar-refractivity contribution >= 4 is 17.1 Å². The van der Waals surface area contributed by atoms with Crippen LogP contribution in [-0.2, 0) is 6.54 Å². The summed E-state index contributed by atoms with van der Waals surface area (Å²) < 4.78 is 1.38. The Labute approximate surface area is 102 Å². The van der Waals surface area contributed by atoms with E-state index in [0.29, 0.717) is 0 Å². The predicted molar refractivity (Wildman–Crippen MR) is 62.9 cm³/mol. The topological polar surface area (TPSA) is 71.6 Å². The van der Waals surface area contributed by atoms with Crippen LogP contribution in [0, 0.1) is 25.2 Å². The fourth-order valence-electron chi connectivity index (χ4n) is 1.56. The fraction of sp³-hybridized carbons (Fsp3) is 0.273. The first-order valence-electron chi connectivity index (χ1n) is 5.00. The number of thiophene rings is 1. The summed E-state index contributed by atoms with van der Waals surface area (Å²) in [6.45, 7) is 4.01. The SMILES string of the molecule is Cc1cc(C(=O)Cn2cnc(C#N)n2)c(C)s1. The zero-order valence-electron chi connectivity index (χ0n) is 9.47. The Hall–Kier alpha value is -2.00. The van der Waals surface area contributed by atoms with Gasteiger partial charge in [0.2, 0.25) is 0 Å². The largest absolute Gasteiger partial charge is 0.292 e. The minimum Gasteiger partial charge on any atom is -0.292 e. The molecule has 0 saturated heterocycles. The number of aromatic nitrogens is 3. The second-order valence-corrected chi connectivity index (χ2v) is 5.09. The molecule has 5 nitrogen and oxygen atoms in total. The van der Waals surface area contributed by atoms with Gasteiger partial charge in [-0.15, -0.1) is 16.4 Å². The van der Waals surface area contributed by atoms with E-state index in [4.69, 9.17) is 5.26 Å². The van der Waals surface area contributed by atoms with E-state index in [2.05, 4.69) is 10.1 Å². The van der Waals surface area contributed by atoms with Crippen LogP contribution >= 0.6 is 11.3 Å². The number of hydrogen-bond donors (Lipinski definition) is 0. The maximum Gasteiger partial charge on any atom is 0.252 e. The molecule has 0 N–H and O–H groups in total. The molecule has 0 unspecified atom stereocenters. The van der Waals surface area contributed by atoms with Gasteiger partial charge in [-0.2, -0.15) is 5.26 Å². The van der Waals surface area contributed by atoms with Crippen LogP contribution in [0.2, 0.25) is 0 Å². The van der Waals surface area contributed by atoms with Crippen molar-refractivity contribution in [1.82, 2.24) is 14.8 Å². The van der Waals surface area contributed by atoms with Crippen LogP contribution in [-0.4, -0.2) is 20.5 Å². The van der Waals surface area contributed by atoms with Gasteiger partial charge in [0.15, 0.2) is 5.78 Å². The Morgan fingerprint density at radius 1 is 1.59 bits per heavy atom. The molecule has 0 aliphatic rings. The third-order valence-corrected chi connectivity index (χ3v) is 3.25. The van der Waals surface area contributed by atoms with Crippen molar-refractivity contribution in [3.8, 4) is 6.07 Å². The number of Topliss-reactive ketones (excluding diaryl/α,β-unsaturated/α-hetero) is 1. The van der Waals surface area contributed by atoms with Gasteiger partial charge in [0, 0.05) is 15.3 Å². The number of nitriles is 1. The molecule has 0 radical (unpaired) electrons. The van der Waals surface area contributed by atoms with Crippen molar-refractivity contribution in [2.75, 3.05) is 0 Å². The minimum absolute atomic E-state index is 0.0127. The van der Waals surface area contributed by atoms with Gasteiger partial charge in [-0.25, -0.2) is 9.67 Å². The van der Waals surface area contributed by atoms with E-state index in [9.17, 15) is 4.79 Å². The molecule has 0 atom stereocenters. The van der Waals surface area contributed by atoms with Crippen LogP contribution in [0.15, 0.2) is 12.4 Å². The maximum atomic E-state index is 12.0. The number of rotatable bonds is 3. The molecule has 2 aromatic rings. The normalized spacial score (nSPS) is 10.2. The van der Waals surface area contributed by atoms with Crippen LogP contribution in [0.1, 0.15) is 25.9 Å². The van der Waals surface area contributed by atoms with Gasteiger partial charge < -0.3 is 0 Å². The van der Waals surface area contributed by atoms with E-state index in [0.717, 1.165) is 15.3 Å². The van der Waals surface area contributed by atoms with E-state index < -0.39 is 0 Å². The van der Waals surface area contributed by atoms with Crippen LogP contribution < -0.4 is 0 Å². The first-order chi connectivity index (χ1) is 8.10. The van der Waals surface area contributed by atoms with Crippen molar-refractivity contribution in [1.29, 1.82) is 5.26 Å². The van der Waals surface area contributed by atoms with Gasteiger partial charge in [-0.05, 0) is 19.9 Å². The molecule has 2 heterocycles. The van der Waals surface area contributed by atoms with Crippen LogP contribution in [0.3, 0.4) is 0 Å². The fourth-order valence-corrected chi connectivity index (χ4v) is 2.50. The summed E-state index contributed by atoms with van der Waals surface area (Å²) in [5.41, 5.74) is 0.724. The van der Waals surface area contributed by atoms with E-state index in [-0.39, 0.29) is 18.2 Å². The Bertz CT molecular complexity index is 605. The molecule has 0 bridgehead atoms. The van der Waals surface area contributed by atoms with Gasteiger partial charge in [0.1, 0.15) is 18.9 Å². The smallest absolute Gasteiger partial charge is 0.252 e. The monoisotopic (exact) mass is 246 g/mol. The lowest BCUT2D eigenvalue weighted by Crippen LogP contribution is -2.11. The highest BCUT2D eigenvalue weighted by Gasteiger charge is 2.13. The summed E-state index contributed by atoms with van der Waals surface area (Å²) in [4.78, 5) is 17.9. The summed E-state index contributed by atoms with van der Waals surface area (Å²) in [6.07, 6.45) is 1.39. The highest BCUT2D eigenvalue weighted by Crippen LogP contribution is 2.21. The molecule has 86 valence electrons. The molecule has 0 fully saturated rings. The lowest BCUT2D eigenvalue weighted by molar-refractivity contribution is 0.0967. The molecule has 0 spiro atoms. The van der Waals surface area contributed by atoms with Crippen molar-refractivity contribution < 1.29 is 4.79 Å². The lowest BCUT2D eigenvalue weighted by Gasteiger charge is -1.99. The number of hydrogen-bond acceptors (Lipinski definition) is 5. The minimum atomic E-state index is -0.0127. The van der Waals surface area contributed by atoms with Gasteiger partial charge in [-0.3, -0.25) is 4.79 Å². The van der Waals surface area contributed by atoms with Crippen molar-refractivity contribution in [3.05, 3.63) is 33.5 Å². The average Bonchev–Trinajstić information content (AvgIpc) is 2.85. The number of carbonyl (C=O) groups excluding carboxylic acids is 1. The summed E-state index contributed by atoms with van der Waals surface area (Å²) >= 11 is 1.60. The average molecular weight is 246 g/mol. The number of carbonyl (C=O) groups is 1. The Kier molecular flexibility index (Phi) is 3.02. The van der Waals surface area contributed by atoms with Crippen molar-refractivity contribution in [3.63, 3.8) is 0 Å². The molecule has 17 heavy (non-hydrogen) atoms. The van der Waals surface area contributed by atoms with Crippen LogP contribution in [0.5, 0.6) is 0 Å². The molecule has 0 aromatic carbocycles. The standard InChI is InChI=1S/C11H10N4OS/c1-7-3-9(8(2)17-7)10(16)5-15-6-13-11(4-12)14-15/h3,6H,5H2,1-2H3. The van der Waals surface area contributed by atoms with E-state index in [1.54, 1.807) is 11.3 Å². The van der Waals surface area contributed by atoms with Crippen LogP contribution in [0.25, 0.3) is 0 Å². The molecule has 0 amide bonds. The molecule has 6 heteroatoms. The Balaban J connectivity index is 2.17. The van der Waals surface area contributed by atoms with E-state index in [1.807, 2.05) is 26.0 Å². The third-order valence-electron chi connectivity index (χ3n) is 2.28. The second-order valence-electron chi connectivity index (χ2n) is 3.63. The van der Waals surface area contributed by atoms with Crippen molar-refractivity contribution in [2.45, 2.75) is 20.4 Å². The molecule has 2 aromatic heterocycles. The highest BCUT2D eigenvalue weighted by molar-refractivity contribution is 7.12. The van der Waals surface area contributed by atoms with Gasteiger partial charge in [0.25, 0.3) is 5.82 Å². The Morgan fingerprint density at radius 3 is 2.88 bits per heavy atom. The molecule has 0 aliphatic heterocycles. The van der Waals surface area contributed by atoms with Gasteiger partial charge in [-0.1, -0.05) is 0 Å². The van der Waals surface area contributed by atoms with Gasteiger partial charge in [0.05, 0.1) is 0 Å². The first-order valence-corrected chi connectivity index (χ1v) is 5.81. The zero-order valence-corrected chi connectivity index (χ0v) is 10.3. The molecule has 0 saturated carbocycles. The molecule has 0 aliphatic carbocycles. The van der Waals surface area contributed by atoms with Crippen molar-refractivity contribution in [2.24, 2.45) is 0 Å². The van der Waals surface area contributed by atoms with E-state index >= 15 is 0 Å². The summed E-state index contributed by atoms with van der Waals surface area (Å²) in [7, 11) is 0. The summed E-state index contributed by atoms with van der Waals surface area (Å²) in [5, 5.41) is 12.4. The first kappa shape index (κ1) is 11.5. The molecular weight excluding hydrogens is 236 g/mol. The summed E-state index contributed by atoms with van der Waals surface area (Å²) in [5.74, 6) is 0.0669. The third kappa shape index (κ3) is 2.40. The van der Waals surface area contributed by atoms with Gasteiger partial charge >= 0.3 is 0 Å². The van der Waals surface area contributed by atoms with E-state index in [1.165, 1.54) is 11.0 Å². The maximum absolute atomic E-state index is 12.0.